The highest BCUT2D eigenvalue weighted by molar-refractivity contribution is 7.12. The van der Waals surface area contributed by atoms with Gasteiger partial charge in [0.2, 0.25) is 0 Å². The Morgan fingerprint density at radius 1 is 1.16 bits per heavy atom. The molecule has 2 heterocycles. The second-order valence-electron chi connectivity index (χ2n) is 4.95. The number of hydrogen-bond acceptors (Lipinski definition) is 6. The quantitative estimate of drug-likeness (QED) is 0.500. The van der Waals surface area contributed by atoms with Crippen LogP contribution in [0.3, 0.4) is 0 Å². The summed E-state index contributed by atoms with van der Waals surface area (Å²) in [4.78, 5) is 13.6. The summed E-state index contributed by atoms with van der Waals surface area (Å²) in [6.45, 7) is 0.498. The number of nitrogens with zero attached hydrogens (tertiary/aromatic N) is 1. The first-order valence-corrected chi connectivity index (χ1v) is 9.22. The van der Waals surface area contributed by atoms with Gasteiger partial charge < -0.3 is 9.47 Å². The van der Waals surface area contributed by atoms with Gasteiger partial charge in [-0.1, -0.05) is 12.1 Å². The number of hydrazone groups is 1. The molecule has 0 radical (unpaired) electrons. The number of benzene rings is 1. The van der Waals surface area contributed by atoms with Crippen molar-refractivity contribution in [2.45, 2.75) is 6.61 Å². The fourth-order valence-corrected chi connectivity index (χ4v) is 3.29. The van der Waals surface area contributed by atoms with Crippen molar-refractivity contribution >= 4 is 34.8 Å². The predicted molar refractivity (Wildman–Crippen MR) is 101 cm³/mol. The number of ether oxygens (including phenoxy) is 2. The second-order valence-corrected chi connectivity index (χ2v) is 6.93. The fraction of sp³-hybridized carbons (Fsp3) is 0.111. The van der Waals surface area contributed by atoms with Crippen LogP contribution < -0.4 is 14.9 Å². The van der Waals surface area contributed by atoms with Crippen LogP contribution in [-0.4, -0.2) is 19.2 Å². The summed E-state index contributed by atoms with van der Waals surface area (Å²) in [7, 11) is 1.59. The van der Waals surface area contributed by atoms with E-state index in [0.717, 1.165) is 10.4 Å². The van der Waals surface area contributed by atoms with Crippen molar-refractivity contribution in [2.75, 3.05) is 7.11 Å². The first kappa shape index (κ1) is 17.2. The lowest BCUT2D eigenvalue weighted by Gasteiger charge is -2.10. The van der Waals surface area contributed by atoms with Crippen molar-refractivity contribution < 1.29 is 14.3 Å². The Hall–Kier alpha value is -2.64. The molecule has 0 unspecified atom stereocenters. The minimum Gasteiger partial charge on any atom is -0.493 e. The molecule has 0 spiro atoms. The SMILES string of the molecule is COc1cc(/C=N\NC(=O)c2cccs2)ccc1OCc1cccs1. The van der Waals surface area contributed by atoms with Crippen LogP contribution in [0, 0.1) is 0 Å². The van der Waals surface area contributed by atoms with Gasteiger partial charge in [-0.05, 0) is 46.7 Å². The Morgan fingerprint density at radius 2 is 2.00 bits per heavy atom. The average Bonchev–Trinajstić information content (AvgIpc) is 3.34. The second kappa shape index (κ2) is 8.46. The van der Waals surface area contributed by atoms with Crippen molar-refractivity contribution in [2.24, 2.45) is 5.10 Å². The van der Waals surface area contributed by atoms with Gasteiger partial charge in [-0.2, -0.15) is 5.10 Å². The molecule has 2 aromatic heterocycles. The lowest BCUT2D eigenvalue weighted by atomic mass is 10.2. The summed E-state index contributed by atoms with van der Waals surface area (Å²) < 4.78 is 11.2. The zero-order valence-corrected chi connectivity index (χ0v) is 15.1. The summed E-state index contributed by atoms with van der Waals surface area (Å²) in [5, 5.41) is 7.84. The molecule has 1 N–H and O–H groups in total. The molecule has 3 rings (SSSR count). The van der Waals surface area contributed by atoms with E-state index in [-0.39, 0.29) is 5.91 Å². The van der Waals surface area contributed by atoms with Crippen LogP contribution in [0.2, 0.25) is 0 Å². The van der Waals surface area contributed by atoms with E-state index < -0.39 is 0 Å². The minimum atomic E-state index is -0.228. The Morgan fingerprint density at radius 3 is 2.72 bits per heavy atom. The van der Waals surface area contributed by atoms with Gasteiger partial charge in [0.1, 0.15) is 6.61 Å². The molecule has 0 saturated carbocycles. The van der Waals surface area contributed by atoms with Gasteiger partial charge in [0.05, 0.1) is 18.2 Å². The number of rotatable bonds is 7. The topological polar surface area (TPSA) is 59.9 Å². The van der Waals surface area contributed by atoms with Crippen LogP contribution >= 0.6 is 22.7 Å². The van der Waals surface area contributed by atoms with Gasteiger partial charge in [-0.15, -0.1) is 22.7 Å². The molecule has 1 amide bonds. The van der Waals surface area contributed by atoms with E-state index in [2.05, 4.69) is 10.5 Å². The Labute approximate surface area is 153 Å². The van der Waals surface area contributed by atoms with E-state index >= 15 is 0 Å². The maximum atomic E-state index is 11.8. The number of nitrogens with one attached hydrogen (secondary N) is 1. The summed E-state index contributed by atoms with van der Waals surface area (Å²) >= 11 is 3.01. The molecule has 1 aromatic carbocycles. The average molecular weight is 372 g/mol. The molecule has 3 aromatic rings. The van der Waals surface area contributed by atoms with Crippen LogP contribution in [0.5, 0.6) is 11.5 Å². The number of carbonyl (C=O) groups excluding carboxylic acids is 1. The van der Waals surface area contributed by atoms with Crippen molar-refractivity contribution in [1.29, 1.82) is 0 Å². The van der Waals surface area contributed by atoms with Crippen LogP contribution in [0.1, 0.15) is 20.1 Å². The smallest absolute Gasteiger partial charge is 0.281 e. The molecule has 0 aliphatic heterocycles. The highest BCUT2D eigenvalue weighted by Crippen LogP contribution is 2.28. The van der Waals surface area contributed by atoms with Crippen molar-refractivity contribution in [3.8, 4) is 11.5 Å². The highest BCUT2D eigenvalue weighted by atomic mass is 32.1. The van der Waals surface area contributed by atoms with E-state index in [1.165, 1.54) is 11.3 Å². The van der Waals surface area contributed by atoms with Gasteiger partial charge >= 0.3 is 0 Å². The zero-order valence-electron chi connectivity index (χ0n) is 13.5. The van der Waals surface area contributed by atoms with Crippen LogP contribution in [0.15, 0.2) is 58.3 Å². The lowest BCUT2D eigenvalue weighted by Crippen LogP contribution is -2.16. The molecule has 0 saturated heterocycles. The standard InChI is InChI=1S/C18H16N2O3S2/c1-22-16-10-13(11-19-20-18(21)17-5-3-9-25-17)6-7-15(16)23-12-14-4-2-8-24-14/h2-11H,12H2,1H3,(H,20,21)/b19-11-. The van der Waals surface area contributed by atoms with Gasteiger partial charge in [0.25, 0.3) is 5.91 Å². The highest BCUT2D eigenvalue weighted by Gasteiger charge is 2.07. The van der Waals surface area contributed by atoms with Gasteiger partial charge in [-0.25, -0.2) is 5.43 Å². The third kappa shape index (κ3) is 4.68. The fourth-order valence-electron chi connectivity index (χ4n) is 2.06. The first-order chi connectivity index (χ1) is 12.3. The van der Waals surface area contributed by atoms with E-state index in [9.17, 15) is 4.79 Å². The van der Waals surface area contributed by atoms with E-state index in [0.29, 0.717) is 23.0 Å². The molecule has 128 valence electrons. The maximum absolute atomic E-state index is 11.8. The van der Waals surface area contributed by atoms with E-state index in [4.69, 9.17) is 9.47 Å². The molecular weight excluding hydrogens is 356 g/mol. The maximum Gasteiger partial charge on any atom is 0.281 e. The number of amides is 1. The molecular formula is C18H16N2O3S2. The summed E-state index contributed by atoms with van der Waals surface area (Å²) in [5.74, 6) is 1.05. The summed E-state index contributed by atoms with van der Waals surface area (Å²) in [6, 6.07) is 13.1. The van der Waals surface area contributed by atoms with E-state index in [1.54, 1.807) is 30.7 Å². The number of methoxy groups -OCH3 is 1. The molecule has 25 heavy (non-hydrogen) atoms. The Balaban J connectivity index is 1.62. The first-order valence-electron chi connectivity index (χ1n) is 7.46. The molecule has 0 aliphatic carbocycles. The van der Waals surface area contributed by atoms with Crippen molar-refractivity contribution in [1.82, 2.24) is 5.43 Å². The molecule has 0 atom stereocenters. The molecule has 5 nitrogen and oxygen atoms in total. The normalized spacial score (nSPS) is 10.8. The summed E-state index contributed by atoms with van der Waals surface area (Å²) in [5.41, 5.74) is 3.30. The summed E-state index contributed by atoms with van der Waals surface area (Å²) in [6.07, 6.45) is 1.57. The number of hydrogen-bond donors (Lipinski definition) is 1. The van der Waals surface area contributed by atoms with Crippen LogP contribution in [-0.2, 0) is 6.61 Å². The van der Waals surface area contributed by atoms with Crippen LogP contribution in [0.25, 0.3) is 0 Å². The van der Waals surface area contributed by atoms with Gasteiger partial charge in [0.15, 0.2) is 11.5 Å². The lowest BCUT2D eigenvalue weighted by molar-refractivity contribution is 0.0959. The molecule has 0 fully saturated rings. The minimum absolute atomic E-state index is 0.228. The number of carbonyl (C=O) groups is 1. The van der Waals surface area contributed by atoms with E-state index in [1.807, 2.05) is 47.2 Å². The molecule has 0 bridgehead atoms. The van der Waals surface area contributed by atoms with Crippen molar-refractivity contribution in [3.05, 3.63) is 68.5 Å². The van der Waals surface area contributed by atoms with Crippen molar-refractivity contribution in [3.63, 3.8) is 0 Å². The van der Waals surface area contributed by atoms with Crippen LogP contribution in [0.4, 0.5) is 0 Å². The molecule has 7 heteroatoms. The van der Waals surface area contributed by atoms with Gasteiger partial charge in [0, 0.05) is 4.88 Å². The predicted octanol–water partition coefficient (Wildman–Crippen LogP) is 4.16. The third-order valence-electron chi connectivity index (χ3n) is 3.26. The Kier molecular flexibility index (Phi) is 5.81. The number of thiophene rings is 2. The molecule has 0 aliphatic rings. The zero-order chi connectivity index (χ0) is 17.5. The van der Waals surface area contributed by atoms with Gasteiger partial charge in [-0.3, -0.25) is 4.79 Å². The largest absolute Gasteiger partial charge is 0.493 e. The monoisotopic (exact) mass is 372 g/mol. The third-order valence-corrected chi connectivity index (χ3v) is 4.98. The Bertz CT molecular complexity index is 843.